The van der Waals surface area contributed by atoms with Crippen LogP contribution in [-0.4, -0.2) is 37.4 Å². The van der Waals surface area contributed by atoms with Crippen LogP contribution in [0.5, 0.6) is 5.75 Å². The lowest BCUT2D eigenvalue weighted by Crippen LogP contribution is -2.53. The van der Waals surface area contributed by atoms with E-state index < -0.39 is 30.8 Å². The van der Waals surface area contributed by atoms with Crippen molar-refractivity contribution in [2.24, 2.45) is 0 Å². The van der Waals surface area contributed by atoms with E-state index in [-0.39, 0.29) is 5.92 Å². The SMILES string of the molecule is CCOc1ccc2c(c1)[C@@H](C)CC(C)(C)N2C(=O)COCC(F)(F)F. The number of benzene rings is 1. The zero-order valence-corrected chi connectivity index (χ0v) is 14.9. The molecular formula is C18H24F3NO3. The highest BCUT2D eigenvalue weighted by atomic mass is 19.4. The number of anilines is 1. The van der Waals surface area contributed by atoms with Gasteiger partial charge in [0, 0.05) is 11.2 Å². The van der Waals surface area contributed by atoms with E-state index >= 15 is 0 Å². The molecule has 7 heteroatoms. The molecule has 1 aliphatic rings. The molecule has 25 heavy (non-hydrogen) atoms. The monoisotopic (exact) mass is 359 g/mol. The maximum Gasteiger partial charge on any atom is 0.411 e. The molecule has 0 aromatic heterocycles. The second-order valence-electron chi connectivity index (χ2n) is 6.91. The number of hydrogen-bond acceptors (Lipinski definition) is 3. The lowest BCUT2D eigenvalue weighted by Gasteiger charge is -2.46. The van der Waals surface area contributed by atoms with Crippen LogP contribution in [0.4, 0.5) is 18.9 Å². The van der Waals surface area contributed by atoms with Crippen molar-refractivity contribution in [2.45, 2.75) is 51.7 Å². The van der Waals surface area contributed by atoms with Gasteiger partial charge in [0.25, 0.3) is 5.91 Å². The Bertz CT molecular complexity index is 628. The predicted octanol–water partition coefficient (Wildman–Crippen LogP) is 4.28. The molecule has 2 rings (SSSR count). The molecule has 1 atom stereocenters. The van der Waals surface area contributed by atoms with Gasteiger partial charge in [-0.2, -0.15) is 13.2 Å². The highest BCUT2D eigenvalue weighted by Crippen LogP contribution is 2.44. The highest BCUT2D eigenvalue weighted by Gasteiger charge is 2.40. The van der Waals surface area contributed by atoms with Crippen molar-refractivity contribution in [3.63, 3.8) is 0 Å². The molecule has 0 radical (unpaired) electrons. The fourth-order valence-corrected chi connectivity index (χ4v) is 3.45. The Labute approximate surface area is 145 Å². The summed E-state index contributed by atoms with van der Waals surface area (Å²) in [6.07, 6.45) is -3.75. The molecule has 0 aliphatic carbocycles. The van der Waals surface area contributed by atoms with Crippen LogP contribution < -0.4 is 9.64 Å². The molecular weight excluding hydrogens is 335 g/mol. The Kier molecular flexibility index (Phi) is 5.66. The molecule has 0 bridgehead atoms. The van der Waals surface area contributed by atoms with Crippen LogP contribution >= 0.6 is 0 Å². The molecule has 1 aliphatic heterocycles. The van der Waals surface area contributed by atoms with Crippen LogP contribution in [0.3, 0.4) is 0 Å². The number of carbonyl (C=O) groups is 1. The van der Waals surface area contributed by atoms with E-state index in [9.17, 15) is 18.0 Å². The normalized spacial score (nSPS) is 19.5. The van der Waals surface area contributed by atoms with Gasteiger partial charge >= 0.3 is 6.18 Å². The first kappa shape index (κ1) is 19.6. The van der Waals surface area contributed by atoms with E-state index in [1.54, 1.807) is 17.0 Å². The summed E-state index contributed by atoms with van der Waals surface area (Å²) >= 11 is 0. The first-order chi connectivity index (χ1) is 11.5. The number of carbonyl (C=O) groups excluding carboxylic acids is 1. The quantitative estimate of drug-likeness (QED) is 0.788. The maximum absolute atomic E-state index is 12.6. The Morgan fingerprint density at radius 1 is 1.36 bits per heavy atom. The van der Waals surface area contributed by atoms with Gasteiger partial charge in [0.2, 0.25) is 0 Å². The molecule has 140 valence electrons. The van der Waals surface area contributed by atoms with Crippen molar-refractivity contribution >= 4 is 11.6 Å². The van der Waals surface area contributed by atoms with Gasteiger partial charge in [-0.05, 0) is 56.9 Å². The van der Waals surface area contributed by atoms with Crippen molar-refractivity contribution in [3.05, 3.63) is 23.8 Å². The molecule has 0 fully saturated rings. The van der Waals surface area contributed by atoms with Crippen molar-refractivity contribution in [3.8, 4) is 5.75 Å². The third-order valence-corrected chi connectivity index (χ3v) is 4.23. The van der Waals surface area contributed by atoms with Crippen LogP contribution in [-0.2, 0) is 9.53 Å². The number of hydrogen-bond donors (Lipinski definition) is 0. The minimum atomic E-state index is -4.45. The molecule has 0 N–H and O–H groups in total. The molecule has 1 amide bonds. The van der Waals surface area contributed by atoms with E-state index in [0.717, 1.165) is 5.56 Å². The average Bonchev–Trinajstić information content (AvgIpc) is 2.46. The molecule has 0 saturated carbocycles. The summed E-state index contributed by atoms with van der Waals surface area (Å²) in [4.78, 5) is 14.1. The Hall–Kier alpha value is -1.76. The van der Waals surface area contributed by atoms with Crippen LogP contribution in [0.15, 0.2) is 18.2 Å². The Morgan fingerprint density at radius 3 is 2.64 bits per heavy atom. The second kappa shape index (κ2) is 7.23. The lowest BCUT2D eigenvalue weighted by atomic mass is 9.80. The van der Waals surface area contributed by atoms with Gasteiger partial charge in [-0.3, -0.25) is 4.79 Å². The summed E-state index contributed by atoms with van der Waals surface area (Å²) in [6, 6.07) is 5.46. The molecule has 1 aromatic rings. The third-order valence-electron chi connectivity index (χ3n) is 4.23. The van der Waals surface area contributed by atoms with E-state index in [1.165, 1.54) is 0 Å². The standard InChI is InChI=1S/C18H24F3NO3/c1-5-25-13-6-7-15-14(8-13)12(2)9-17(3,4)22(15)16(23)10-24-11-18(19,20)21/h6-8,12H,5,9-11H2,1-4H3/t12-/m0/s1. The van der Waals surface area contributed by atoms with Crippen LogP contribution in [0.2, 0.25) is 0 Å². The summed E-state index contributed by atoms with van der Waals surface area (Å²) in [5.74, 6) is 0.436. The first-order valence-corrected chi connectivity index (χ1v) is 8.29. The maximum atomic E-state index is 12.6. The minimum absolute atomic E-state index is 0.200. The summed E-state index contributed by atoms with van der Waals surface area (Å²) in [5.41, 5.74) is 1.14. The second-order valence-corrected chi connectivity index (χ2v) is 6.91. The first-order valence-electron chi connectivity index (χ1n) is 8.29. The third kappa shape index (κ3) is 4.66. The fourth-order valence-electron chi connectivity index (χ4n) is 3.45. The molecule has 0 saturated heterocycles. The number of nitrogens with zero attached hydrogens (tertiary/aromatic N) is 1. The van der Waals surface area contributed by atoms with Gasteiger partial charge in [-0.25, -0.2) is 0 Å². The van der Waals surface area contributed by atoms with Gasteiger partial charge in [-0.15, -0.1) is 0 Å². The zero-order chi connectivity index (χ0) is 18.8. The Balaban J connectivity index is 2.27. The summed E-state index contributed by atoms with van der Waals surface area (Å²) in [6.45, 7) is 6.27. The van der Waals surface area contributed by atoms with Crippen molar-refractivity contribution in [1.29, 1.82) is 0 Å². The number of fused-ring (bicyclic) bond motifs is 1. The average molecular weight is 359 g/mol. The van der Waals surface area contributed by atoms with E-state index in [4.69, 9.17) is 4.74 Å². The van der Waals surface area contributed by atoms with E-state index in [1.807, 2.05) is 26.8 Å². The Morgan fingerprint density at radius 2 is 2.04 bits per heavy atom. The van der Waals surface area contributed by atoms with Crippen LogP contribution in [0.25, 0.3) is 0 Å². The van der Waals surface area contributed by atoms with Crippen molar-refractivity contribution in [1.82, 2.24) is 0 Å². The molecule has 4 nitrogen and oxygen atoms in total. The highest BCUT2D eigenvalue weighted by molar-refractivity contribution is 5.97. The summed E-state index contributed by atoms with van der Waals surface area (Å²) in [5, 5.41) is 0. The van der Waals surface area contributed by atoms with Crippen molar-refractivity contribution in [2.75, 3.05) is 24.7 Å². The zero-order valence-electron chi connectivity index (χ0n) is 14.9. The number of amides is 1. The minimum Gasteiger partial charge on any atom is -0.494 e. The van der Waals surface area contributed by atoms with Crippen LogP contribution in [0.1, 0.15) is 45.6 Å². The van der Waals surface area contributed by atoms with Gasteiger partial charge in [0.1, 0.15) is 19.0 Å². The lowest BCUT2D eigenvalue weighted by molar-refractivity contribution is -0.175. The fraction of sp³-hybridized carbons (Fsp3) is 0.611. The molecule has 1 heterocycles. The number of ether oxygens (including phenoxy) is 2. The summed E-state index contributed by atoms with van der Waals surface area (Å²) in [7, 11) is 0. The largest absolute Gasteiger partial charge is 0.494 e. The van der Waals surface area contributed by atoms with Gasteiger partial charge in [0.05, 0.1) is 6.61 Å². The van der Waals surface area contributed by atoms with Gasteiger partial charge in [0.15, 0.2) is 0 Å². The number of alkyl halides is 3. The van der Waals surface area contributed by atoms with Crippen molar-refractivity contribution < 1.29 is 27.4 Å². The van der Waals surface area contributed by atoms with E-state index in [2.05, 4.69) is 11.7 Å². The molecule has 0 unspecified atom stereocenters. The summed E-state index contributed by atoms with van der Waals surface area (Å²) < 4.78 is 46.8. The van der Waals surface area contributed by atoms with Gasteiger partial charge in [-0.1, -0.05) is 6.92 Å². The number of halogens is 3. The molecule has 1 aromatic carbocycles. The van der Waals surface area contributed by atoms with Gasteiger partial charge < -0.3 is 14.4 Å². The smallest absolute Gasteiger partial charge is 0.411 e. The van der Waals surface area contributed by atoms with Crippen LogP contribution in [0, 0.1) is 0 Å². The predicted molar refractivity (Wildman–Crippen MR) is 89.1 cm³/mol. The van der Waals surface area contributed by atoms with E-state index in [0.29, 0.717) is 24.5 Å². The topological polar surface area (TPSA) is 38.8 Å². The molecule has 0 spiro atoms. The number of rotatable bonds is 5.